The fraction of sp³-hybridized carbons (Fsp3) is 0.328. The Morgan fingerprint density at radius 1 is 0.149 bits per heavy atom. The summed E-state index contributed by atoms with van der Waals surface area (Å²) >= 11 is 0. The quantitative estimate of drug-likeness (QED) is 0.107. The molecule has 782 valence electrons. The largest absolute Gasteiger partial charge is 0.203 e. The van der Waals surface area contributed by atoms with Gasteiger partial charge < -0.3 is 0 Å². The van der Waals surface area contributed by atoms with Crippen molar-refractivity contribution in [1.82, 2.24) is 0 Å². The first kappa shape index (κ1) is 112. The van der Waals surface area contributed by atoms with E-state index in [0.717, 1.165) is 102 Å². The molecule has 0 unspecified atom stereocenters. The monoisotopic (exact) mass is 2020 g/mol. The van der Waals surface area contributed by atoms with Crippen LogP contribution in [0.25, 0.3) is 89.0 Å². The van der Waals surface area contributed by atoms with Crippen molar-refractivity contribution in [3.05, 3.63) is 435 Å². The molecule has 0 amide bonds. The second-order valence-electron chi connectivity index (χ2n) is 42.6. The second-order valence-corrected chi connectivity index (χ2v) is 42.6. The van der Waals surface area contributed by atoms with E-state index >= 15 is 0 Å². The van der Waals surface area contributed by atoms with Crippen molar-refractivity contribution in [2.45, 2.75) is 265 Å². The van der Waals surface area contributed by atoms with Gasteiger partial charge in [-0.25, -0.2) is 61.5 Å². The number of hydrogen-bond acceptors (Lipinski definition) is 0. The third kappa shape index (κ3) is 27.3. The van der Waals surface area contributed by atoms with Gasteiger partial charge in [0.15, 0.2) is 81.4 Å². The lowest BCUT2D eigenvalue weighted by Gasteiger charge is -2.26. The Hall–Kier alpha value is -12.7. The molecule has 15 aromatic carbocycles. The average Bonchev–Trinajstić information content (AvgIpc) is 0.795. The highest BCUT2D eigenvalue weighted by Gasteiger charge is 2.29. The van der Waals surface area contributed by atoms with Gasteiger partial charge in [-0.3, -0.25) is 0 Å². The van der Waals surface area contributed by atoms with E-state index in [-0.39, 0.29) is 16.8 Å². The number of hydrogen-bond donors (Lipinski definition) is 0. The minimum absolute atomic E-state index is 0. The minimum atomic E-state index is -0.804. The maximum absolute atomic E-state index is 14.4. The summed E-state index contributed by atoms with van der Waals surface area (Å²) in [6, 6.07) is 75.3. The van der Waals surface area contributed by atoms with Gasteiger partial charge in [-0.15, -0.1) is 0 Å². The standard InChI is InChI=1S/4C21H24F2.C20H16F2.2C15H14F2.4H2/c4*1-13-4-6-16(7-5-13)17-8-10-18(11-9-17)19-14(2)12-15(3)20(22)21(19)23;1-13-3-7-15(8-4-13)17-11-12-18(20(22)19(17)21)16-9-5-14(2)6-10-16;2*1-9-4-6-12(7-5-9)13-10(2)8-11(3)14(16)15(13)17;;;;/h4*8-13,16H,4-7H2,1-3H3;3-12H,1-2H3;2*4-8H,1-3H3;4*1H. The number of rotatable bonds is 12. The first-order valence-electron chi connectivity index (χ1n) is 52.3. The fourth-order valence-electron chi connectivity index (χ4n) is 21.6. The zero-order valence-electron chi connectivity index (χ0n) is 89.3. The van der Waals surface area contributed by atoms with E-state index in [1.807, 2.05) is 177 Å². The fourth-order valence-corrected chi connectivity index (χ4v) is 21.6. The molecule has 0 spiro atoms. The third-order valence-corrected chi connectivity index (χ3v) is 30.7. The Balaban J connectivity index is 0.000000196. The van der Waals surface area contributed by atoms with Crippen LogP contribution >= 0.6 is 0 Å². The molecule has 0 heterocycles. The summed E-state index contributed by atoms with van der Waals surface area (Å²) in [5, 5.41) is 0. The van der Waals surface area contributed by atoms with Crippen LogP contribution in [0.15, 0.2) is 243 Å². The first-order valence-corrected chi connectivity index (χ1v) is 52.3. The van der Waals surface area contributed by atoms with Crippen molar-refractivity contribution in [1.29, 1.82) is 0 Å². The van der Waals surface area contributed by atoms with Gasteiger partial charge in [0.1, 0.15) is 0 Å². The van der Waals surface area contributed by atoms with E-state index in [9.17, 15) is 61.5 Å². The van der Waals surface area contributed by atoms with Gasteiger partial charge in [0.05, 0.1) is 0 Å². The Kier molecular flexibility index (Phi) is 38.4. The molecule has 14 heteroatoms. The molecule has 0 aromatic heterocycles. The SMILES string of the molecule is Cc1cc(C)c(-c2ccc(C3CCC(C)CC3)cc2)c(F)c1F.Cc1cc(C)c(-c2ccc(C3CCC(C)CC3)cc2)c(F)c1F.Cc1cc(C)c(-c2ccc(C3CCC(C)CC3)cc2)c(F)c1F.Cc1cc(C)c(-c2ccc(C3CCC(C)CC3)cc2)c(F)c1F.Cc1ccc(-c2c(C)cc(C)c(F)c2F)cc1.Cc1ccc(-c2c(C)cc(C)c(F)c2F)cc1.Cc1ccc(-c2ccc(-c3ccc(C)cc3)c(F)c2F)cc1.[HH].[HH].[HH].[HH]. The van der Waals surface area contributed by atoms with Crippen LogP contribution in [0.5, 0.6) is 0 Å². The minimum Gasteiger partial charge on any atom is -0.203 e. The lowest BCUT2D eigenvalue weighted by Crippen LogP contribution is -2.10. The highest BCUT2D eigenvalue weighted by atomic mass is 19.2. The van der Waals surface area contributed by atoms with Gasteiger partial charge in [0, 0.05) is 50.2 Å². The molecular weight excluding hydrogens is 1880 g/mol. The molecule has 15 aromatic rings. The van der Waals surface area contributed by atoms with Gasteiger partial charge >= 0.3 is 0 Å². The molecule has 0 aliphatic heterocycles. The molecule has 4 aliphatic carbocycles. The normalized spacial score (nSPS) is 17.4. The van der Waals surface area contributed by atoms with E-state index in [2.05, 4.69) is 76.2 Å². The smallest absolute Gasteiger partial charge is 0.167 e. The zero-order valence-corrected chi connectivity index (χ0v) is 89.3. The zero-order chi connectivity index (χ0) is 107. The lowest BCUT2D eigenvalue weighted by atomic mass is 9.79. The van der Waals surface area contributed by atoms with E-state index < -0.39 is 81.4 Å². The summed E-state index contributed by atoms with van der Waals surface area (Å²) in [4.78, 5) is 0. The second kappa shape index (κ2) is 50.6. The average molecular weight is 2020 g/mol. The molecule has 0 bridgehead atoms. The van der Waals surface area contributed by atoms with Gasteiger partial charge in [0.25, 0.3) is 0 Å². The third-order valence-electron chi connectivity index (χ3n) is 30.7. The maximum atomic E-state index is 14.4. The highest BCUT2D eigenvalue weighted by molar-refractivity contribution is 5.76. The predicted octanol–water partition coefficient (Wildman–Crippen LogP) is 42.2. The van der Waals surface area contributed by atoms with Crippen molar-refractivity contribution < 1.29 is 67.2 Å². The summed E-state index contributed by atoms with van der Waals surface area (Å²) < 4.78 is 197. The molecule has 0 saturated heterocycles. The molecular formula is C134H148F14. The van der Waals surface area contributed by atoms with Crippen LogP contribution in [0.2, 0.25) is 0 Å². The van der Waals surface area contributed by atoms with Crippen molar-refractivity contribution in [3.63, 3.8) is 0 Å². The topological polar surface area (TPSA) is 0 Å². The van der Waals surface area contributed by atoms with Crippen LogP contribution in [0.4, 0.5) is 61.5 Å². The Labute approximate surface area is 875 Å². The van der Waals surface area contributed by atoms with E-state index in [1.54, 1.807) is 128 Å². The molecule has 0 radical (unpaired) electrons. The van der Waals surface area contributed by atoms with Gasteiger partial charge in [0.2, 0.25) is 0 Å². The Bertz CT molecular complexity index is 6420. The highest BCUT2D eigenvalue weighted by Crippen LogP contribution is 2.45. The van der Waals surface area contributed by atoms with Crippen LogP contribution < -0.4 is 0 Å². The molecule has 0 atom stereocenters. The maximum Gasteiger partial charge on any atom is 0.167 e. The summed E-state index contributed by atoms with van der Waals surface area (Å²) in [5.74, 6) is -4.76. The number of aryl methyl sites for hydroxylation is 16. The van der Waals surface area contributed by atoms with Gasteiger partial charge in [-0.2, -0.15) is 0 Å². The number of halogens is 14. The van der Waals surface area contributed by atoms with Gasteiger partial charge in [-0.05, 0) is 343 Å². The molecule has 148 heavy (non-hydrogen) atoms. The molecule has 4 saturated carbocycles. The van der Waals surface area contributed by atoms with Crippen molar-refractivity contribution in [3.8, 4) is 89.0 Å². The molecule has 4 aliphatic rings. The summed E-state index contributed by atoms with van der Waals surface area (Å²) in [6.45, 7) is 37.6. The Morgan fingerprint density at radius 3 is 0.432 bits per heavy atom. The summed E-state index contributed by atoms with van der Waals surface area (Å²) in [6.07, 6.45) is 20.1. The predicted molar refractivity (Wildman–Crippen MR) is 594 cm³/mol. The van der Waals surface area contributed by atoms with Crippen LogP contribution in [0.1, 0.15) is 271 Å². The summed E-state index contributed by atoms with van der Waals surface area (Å²) in [7, 11) is 0. The molecule has 0 N–H and O–H groups in total. The Morgan fingerprint density at radius 2 is 0.284 bits per heavy atom. The van der Waals surface area contributed by atoms with E-state index in [4.69, 9.17) is 0 Å². The van der Waals surface area contributed by atoms with E-state index in [0.29, 0.717) is 113 Å². The van der Waals surface area contributed by atoms with Gasteiger partial charge in [-0.1, -0.05) is 344 Å². The lowest BCUT2D eigenvalue weighted by molar-refractivity contribution is 0.348. The first-order chi connectivity index (χ1) is 70.4. The van der Waals surface area contributed by atoms with Crippen molar-refractivity contribution in [2.75, 3.05) is 0 Å². The number of benzene rings is 15. The molecule has 0 nitrogen and oxygen atoms in total. The van der Waals surface area contributed by atoms with Crippen molar-refractivity contribution >= 4 is 0 Å². The van der Waals surface area contributed by atoms with Crippen LogP contribution in [0.3, 0.4) is 0 Å². The summed E-state index contributed by atoms with van der Waals surface area (Å²) in [5.41, 5.74) is 25.0. The van der Waals surface area contributed by atoms with Crippen LogP contribution in [-0.4, -0.2) is 0 Å². The molecule has 19 rings (SSSR count). The van der Waals surface area contributed by atoms with E-state index in [1.165, 1.54) is 125 Å². The van der Waals surface area contributed by atoms with Crippen LogP contribution in [0, 0.1) is 216 Å². The van der Waals surface area contributed by atoms with Crippen LogP contribution in [-0.2, 0) is 0 Å². The van der Waals surface area contributed by atoms with Crippen molar-refractivity contribution in [2.24, 2.45) is 23.7 Å². The molecule has 4 fully saturated rings.